The van der Waals surface area contributed by atoms with Gasteiger partial charge in [0.05, 0.1) is 30.1 Å². The first-order chi connectivity index (χ1) is 14.3. The SMILES string of the molecule is CC(C)(C)SCCNC(=O)CN(c1ccc(S(=O)(=O)N2CCOCC2)cc1)S(C)(=O)=O. The molecule has 1 aromatic carbocycles. The summed E-state index contributed by atoms with van der Waals surface area (Å²) in [4.78, 5) is 12.4. The molecule has 1 amide bonds. The minimum atomic E-state index is -3.74. The van der Waals surface area contributed by atoms with Crippen molar-refractivity contribution in [2.75, 3.05) is 55.7 Å². The summed E-state index contributed by atoms with van der Waals surface area (Å²) in [6.07, 6.45) is 1.01. The van der Waals surface area contributed by atoms with Gasteiger partial charge in [0, 0.05) is 30.1 Å². The van der Waals surface area contributed by atoms with Crippen LogP contribution in [-0.4, -0.2) is 83.2 Å². The summed E-state index contributed by atoms with van der Waals surface area (Å²) in [6, 6.07) is 5.51. The molecule has 1 aromatic rings. The maximum Gasteiger partial charge on any atom is 0.243 e. The third-order valence-corrected chi connectivity index (χ3v) is 8.71. The van der Waals surface area contributed by atoms with Crippen molar-refractivity contribution in [1.29, 1.82) is 0 Å². The molecule has 2 rings (SSSR count). The first kappa shape index (κ1) is 25.9. The predicted molar refractivity (Wildman–Crippen MR) is 123 cm³/mol. The minimum Gasteiger partial charge on any atom is -0.379 e. The molecule has 31 heavy (non-hydrogen) atoms. The van der Waals surface area contributed by atoms with E-state index in [-0.39, 0.29) is 35.0 Å². The number of anilines is 1. The topological polar surface area (TPSA) is 113 Å². The summed E-state index contributed by atoms with van der Waals surface area (Å²) in [6.45, 7) is 7.49. The number of ether oxygens (including phenoxy) is 1. The Labute approximate surface area is 189 Å². The number of nitrogens with one attached hydrogen (secondary N) is 1. The molecule has 1 N–H and O–H groups in total. The molecule has 0 aromatic heterocycles. The summed E-state index contributed by atoms with van der Waals surface area (Å²) < 4.78 is 57.5. The van der Waals surface area contributed by atoms with Crippen LogP contribution in [0.1, 0.15) is 20.8 Å². The maximum absolute atomic E-state index is 12.7. The maximum atomic E-state index is 12.7. The normalized spacial score (nSPS) is 16.1. The highest BCUT2D eigenvalue weighted by Gasteiger charge is 2.27. The second-order valence-electron chi connectivity index (χ2n) is 8.09. The molecule has 1 aliphatic heterocycles. The molecule has 0 bridgehead atoms. The van der Waals surface area contributed by atoms with Gasteiger partial charge in [-0.3, -0.25) is 9.10 Å². The Balaban J connectivity index is 2.08. The van der Waals surface area contributed by atoms with Crippen LogP contribution in [0.25, 0.3) is 0 Å². The van der Waals surface area contributed by atoms with Crippen molar-refractivity contribution in [2.45, 2.75) is 30.4 Å². The zero-order valence-corrected chi connectivity index (χ0v) is 20.8. The molecule has 0 radical (unpaired) electrons. The van der Waals surface area contributed by atoms with Crippen molar-refractivity contribution in [2.24, 2.45) is 0 Å². The molecule has 1 saturated heterocycles. The predicted octanol–water partition coefficient (Wildman–Crippen LogP) is 1.12. The fourth-order valence-corrected chi connectivity index (χ4v) is 5.94. The molecule has 0 saturated carbocycles. The Hall–Kier alpha value is -1.34. The molecule has 1 fully saturated rings. The Morgan fingerprint density at radius 2 is 1.71 bits per heavy atom. The van der Waals surface area contributed by atoms with E-state index in [0.29, 0.717) is 25.5 Å². The first-order valence-electron chi connectivity index (χ1n) is 9.87. The van der Waals surface area contributed by atoms with E-state index < -0.39 is 26.0 Å². The molecular weight excluding hydrogens is 462 g/mol. The Bertz CT molecular complexity index is 951. The quantitative estimate of drug-likeness (QED) is 0.513. The van der Waals surface area contributed by atoms with Gasteiger partial charge in [-0.05, 0) is 24.3 Å². The number of sulfonamides is 2. The first-order valence-corrected chi connectivity index (χ1v) is 14.1. The van der Waals surface area contributed by atoms with Crippen LogP contribution in [0, 0.1) is 0 Å². The molecule has 0 spiro atoms. The molecule has 176 valence electrons. The molecule has 0 aliphatic carbocycles. The van der Waals surface area contributed by atoms with Crippen molar-refractivity contribution in [1.82, 2.24) is 9.62 Å². The summed E-state index contributed by atoms with van der Waals surface area (Å²) in [5.74, 6) is 0.285. The Kier molecular flexibility index (Phi) is 8.79. The lowest BCUT2D eigenvalue weighted by atomic mass is 10.3. The molecule has 0 atom stereocenters. The number of morpholine rings is 1. The zero-order chi connectivity index (χ0) is 23.3. The van der Waals surface area contributed by atoms with Crippen LogP contribution in [0.15, 0.2) is 29.2 Å². The minimum absolute atomic E-state index is 0.0651. The van der Waals surface area contributed by atoms with E-state index in [1.807, 2.05) is 0 Å². The van der Waals surface area contributed by atoms with Gasteiger partial charge < -0.3 is 10.1 Å². The van der Waals surface area contributed by atoms with Crippen LogP contribution in [0.5, 0.6) is 0 Å². The van der Waals surface area contributed by atoms with Crippen molar-refractivity contribution in [3.05, 3.63) is 24.3 Å². The number of rotatable bonds is 9. The second-order valence-corrected chi connectivity index (χ2v) is 13.9. The summed E-state index contributed by atoms with van der Waals surface area (Å²) in [5, 5.41) is 2.73. The average molecular weight is 494 g/mol. The molecule has 1 heterocycles. The number of carbonyl (C=O) groups is 1. The smallest absolute Gasteiger partial charge is 0.243 e. The number of nitrogens with zero attached hydrogens (tertiary/aromatic N) is 2. The number of carbonyl (C=O) groups excluding carboxylic acids is 1. The van der Waals surface area contributed by atoms with Gasteiger partial charge in [0.15, 0.2) is 0 Å². The number of benzene rings is 1. The summed E-state index contributed by atoms with van der Waals surface area (Å²) in [5.41, 5.74) is 0.225. The van der Waals surface area contributed by atoms with Crippen LogP contribution in [0.3, 0.4) is 0 Å². The van der Waals surface area contributed by atoms with Crippen molar-refractivity contribution >= 4 is 43.4 Å². The van der Waals surface area contributed by atoms with Crippen LogP contribution in [0.4, 0.5) is 5.69 Å². The van der Waals surface area contributed by atoms with E-state index >= 15 is 0 Å². The van der Waals surface area contributed by atoms with Gasteiger partial charge in [0.1, 0.15) is 6.54 Å². The van der Waals surface area contributed by atoms with E-state index in [4.69, 9.17) is 4.74 Å². The van der Waals surface area contributed by atoms with Crippen molar-refractivity contribution < 1.29 is 26.4 Å². The van der Waals surface area contributed by atoms with Gasteiger partial charge >= 0.3 is 0 Å². The highest BCUT2D eigenvalue weighted by molar-refractivity contribution is 8.00. The summed E-state index contributed by atoms with van der Waals surface area (Å²) in [7, 11) is -7.43. The Morgan fingerprint density at radius 3 is 2.23 bits per heavy atom. The van der Waals surface area contributed by atoms with Crippen molar-refractivity contribution in [3.63, 3.8) is 0 Å². The van der Waals surface area contributed by atoms with E-state index in [9.17, 15) is 21.6 Å². The highest BCUT2D eigenvalue weighted by Crippen LogP contribution is 2.23. The van der Waals surface area contributed by atoms with Gasteiger partial charge in [0.25, 0.3) is 0 Å². The molecule has 1 aliphatic rings. The van der Waals surface area contributed by atoms with Crippen LogP contribution in [-0.2, 0) is 29.6 Å². The Morgan fingerprint density at radius 1 is 1.13 bits per heavy atom. The zero-order valence-electron chi connectivity index (χ0n) is 18.3. The number of amides is 1. The molecule has 0 unspecified atom stereocenters. The van der Waals surface area contributed by atoms with Crippen molar-refractivity contribution in [3.8, 4) is 0 Å². The third-order valence-electron chi connectivity index (χ3n) is 4.38. The van der Waals surface area contributed by atoms with Gasteiger partial charge in [-0.25, -0.2) is 16.8 Å². The van der Waals surface area contributed by atoms with Gasteiger partial charge in [-0.15, -0.1) is 0 Å². The lowest BCUT2D eigenvalue weighted by molar-refractivity contribution is -0.119. The number of thioether (sulfide) groups is 1. The van der Waals surface area contributed by atoms with E-state index in [1.54, 1.807) is 11.8 Å². The highest BCUT2D eigenvalue weighted by atomic mass is 32.2. The lowest BCUT2D eigenvalue weighted by Gasteiger charge is -2.26. The second kappa shape index (κ2) is 10.5. The van der Waals surface area contributed by atoms with E-state index in [0.717, 1.165) is 10.6 Å². The van der Waals surface area contributed by atoms with Crippen LogP contribution in [0.2, 0.25) is 0 Å². The molecular formula is C19H31N3O6S3. The summed E-state index contributed by atoms with van der Waals surface area (Å²) >= 11 is 1.70. The average Bonchev–Trinajstić information content (AvgIpc) is 2.69. The third kappa shape index (κ3) is 7.94. The van der Waals surface area contributed by atoms with Gasteiger partial charge in [-0.2, -0.15) is 16.1 Å². The molecule has 12 heteroatoms. The van der Waals surface area contributed by atoms with E-state index in [2.05, 4.69) is 26.1 Å². The van der Waals surface area contributed by atoms with Crippen LogP contribution >= 0.6 is 11.8 Å². The fraction of sp³-hybridized carbons (Fsp3) is 0.632. The standard InChI is InChI=1S/C19H31N3O6S3/c1-19(2,3)29-14-9-20-18(23)15-22(30(4,24)25)16-5-7-17(8-6-16)31(26,27)21-10-12-28-13-11-21/h5-8H,9-15H2,1-4H3,(H,20,23). The fourth-order valence-electron chi connectivity index (χ4n) is 2.85. The van der Waals surface area contributed by atoms with Crippen LogP contribution < -0.4 is 9.62 Å². The number of hydrogen-bond acceptors (Lipinski definition) is 7. The lowest BCUT2D eigenvalue weighted by Crippen LogP contribution is -2.41. The largest absolute Gasteiger partial charge is 0.379 e. The van der Waals surface area contributed by atoms with Gasteiger partial charge in [-0.1, -0.05) is 20.8 Å². The van der Waals surface area contributed by atoms with E-state index in [1.165, 1.54) is 28.6 Å². The monoisotopic (exact) mass is 493 g/mol. The van der Waals surface area contributed by atoms with Gasteiger partial charge in [0.2, 0.25) is 26.0 Å². The molecule has 9 nitrogen and oxygen atoms in total. The number of hydrogen-bond donors (Lipinski definition) is 1.